The van der Waals surface area contributed by atoms with Crippen LogP contribution in [0.4, 0.5) is 4.39 Å². The average molecular weight is 432 g/mol. The zero-order chi connectivity index (χ0) is 22.8. The largest absolute Gasteiger partial charge is 0.476 e. The van der Waals surface area contributed by atoms with E-state index in [-0.39, 0.29) is 24.3 Å². The molecule has 1 amide bonds. The second kappa shape index (κ2) is 8.83. The predicted octanol–water partition coefficient (Wildman–Crippen LogP) is 5.09. The normalized spacial score (nSPS) is 11.2. The highest BCUT2D eigenvalue weighted by Crippen LogP contribution is 2.31. The van der Waals surface area contributed by atoms with Gasteiger partial charge in [0.15, 0.2) is 11.5 Å². The number of nitrogens with zero attached hydrogens (tertiary/aromatic N) is 2. The summed E-state index contributed by atoms with van der Waals surface area (Å²) in [5.74, 6) is -2.24. The molecule has 0 spiro atoms. The van der Waals surface area contributed by atoms with Crippen molar-refractivity contribution in [3.63, 3.8) is 0 Å². The summed E-state index contributed by atoms with van der Waals surface area (Å²) in [4.78, 5) is 26.4. The maximum absolute atomic E-state index is 15.5. The highest BCUT2D eigenvalue weighted by molar-refractivity contribution is 5.98. The fraction of sp³-hybridized carbons (Fsp3) is 0.231. The molecule has 0 aliphatic heterocycles. The first-order chi connectivity index (χ1) is 15.5. The van der Waals surface area contributed by atoms with Gasteiger partial charge >= 0.3 is 5.97 Å². The molecule has 0 radical (unpaired) electrons. The molecule has 4 rings (SSSR count). The van der Waals surface area contributed by atoms with Crippen molar-refractivity contribution < 1.29 is 19.1 Å². The number of amides is 1. The Balaban J connectivity index is 1.87. The van der Waals surface area contributed by atoms with E-state index in [1.165, 1.54) is 4.57 Å². The fourth-order valence-corrected chi connectivity index (χ4v) is 4.39. The molecular weight excluding hydrogens is 407 g/mol. The Bertz CT molecular complexity index is 1320. The lowest BCUT2D eigenvalue weighted by atomic mass is 10.0. The summed E-state index contributed by atoms with van der Waals surface area (Å²) in [5, 5.41) is 12.1. The number of carbonyl (C=O) groups is 2. The molecule has 164 valence electrons. The van der Waals surface area contributed by atoms with Gasteiger partial charge in [0.2, 0.25) is 5.91 Å². The quantitative estimate of drug-likeness (QED) is 0.442. The minimum Gasteiger partial charge on any atom is -0.476 e. The molecule has 4 aromatic rings. The number of halogens is 1. The number of benzene rings is 3. The number of aromatic nitrogens is 1. The first-order valence-electron chi connectivity index (χ1n) is 10.7. The summed E-state index contributed by atoms with van der Waals surface area (Å²) in [6.45, 7) is 5.13. The van der Waals surface area contributed by atoms with Crippen molar-refractivity contribution >= 4 is 33.6 Å². The van der Waals surface area contributed by atoms with Crippen molar-refractivity contribution in [2.45, 2.75) is 26.8 Å². The summed E-state index contributed by atoms with van der Waals surface area (Å²) >= 11 is 0. The highest BCUT2D eigenvalue weighted by atomic mass is 19.1. The average Bonchev–Trinajstić information content (AvgIpc) is 3.07. The van der Waals surface area contributed by atoms with E-state index in [0.29, 0.717) is 24.2 Å². The van der Waals surface area contributed by atoms with Gasteiger partial charge in [-0.05, 0) is 41.8 Å². The zero-order valence-electron chi connectivity index (χ0n) is 18.1. The standard InChI is InChI=1S/C26H25FN2O3/c1-3-28(4-2)22(30)15-18-11-8-14-21-23(18)24(27)25(26(31)32)29(21)16-19-12-7-10-17-9-5-6-13-20(17)19/h5-14H,3-4,15-16H2,1-2H3,(H,31,32). The lowest BCUT2D eigenvalue weighted by Gasteiger charge is -2.18. The van der Waals surface area contributed by atoms with Crippen LogP contribution in [0.1, 0.15) is 35.5 Å². The van der Waals surface area contributed by atoms with Crippen molar-refractivity contribution in [2.75, 3.05) is 13.1 Å². The van der Waals surface area contributed by atoms with E-state index in [1.54, 1.807) is 23.1 Å². The van der Waals surface area contributed by atoms with Gasteiger partial charge in [-0.15, -0.1) is 0 Å². The molecule has 0 saturated heterocycles. The van der Waals surface area contributed by atoms with E-state index in [4.69, 9.17) is 0 Å². The Hall–Kier alpha value is -3.67. The SMILES string of the molecule is CCN(CC)C(=O)Cc1cccc2c1c(F)c(C(=O)O)n2Cc1cccc2ccccc12. The fourth-order valence-electron chi connectivity index (χ4n) is 4.39. The smallest absolute Gasteiger partial charge is 0.355 e. The third-order valence-electron chi connectivity index (χ3n) is 5.99. The van der Waals surface area contributed by atoms with Crippen molar-refractivity contribution in [3.05, 3.63) is 83.3 Å². The summed E-state index contributed by atoms with van der Waals surface area (Å²) in [5.41, 5.74) is 1.47. The van der Waals surface area contributed by atoms with Gasteiger partial charge in [0.05, 0.1) is 11.9 Å². The zero-order valence-corrected chi connectivity index (χ0v) is 18.1. The van der Waals surface area contributed by atoms with E-state index in [1.807, 2.05) is 56.3 Å². The van der Waals surface area contributed by atoms with Crippen LogP contribution in [-0.4, -0.2) is 39.5 Å². The van der Waals surface area contributed by atoms with Gasteiger partial charge in [-0.25, -0.2) is 9.18 Å². The van der Waals surface area contributed by atoms with Crippen LogP contribution < -0.4 is 0 Å². The molecule has 32 heavy (non-hydrogen) atoms. The van der Waals surface area contributed by atoms with E-state index >= 15 is 4.39 Å². The number of hydrogen-bond acceptors (Lipinski definition) is 2. The second-order valence-electron chi connectivity index (χ2n) is 7.75. The van der Waals surface area contributed by atoms with Crippen LogP contribution in [0, 0.1) is 5.82 Å². The summed E-state index contributed by atoms with van der Waals surface area (Å²) in [7, 11) is 0. The van der Waals surface area contributed by atoms with Crippen LogP contribution in [0.5, 0.6) is 0 Å². The maximum atomic E-state index is 15.5. The van der Waals surface area contributed by atoms with Crippen LogP contribution in [-0.2, 0) is 17.8 Å². The minimum absolute atomic E-state index is 0.0211. The summed E-state index contributed by atoms with van der Waals surface area (Å²) in [6, 6.07) is 18.8. The number of carbonyl (C=O) groups excluding carboxylic acids is 1. The van der Waals surface area contributed by atoms with Gasteiger partial charge in [0.25, 0.3) is 0 Å². The highest BCUT2D eigenvalue weighted by Gasteiger charge is 2.26. The molecule has 0 bridgehead atoms. The van der Waals surface area contributed by atoms with Gasteiger partial charge in [-0.3, -0.25) is 4.79 Å². The number of aromatic carboxylic acids is 1. The van der Waals surface area contributed by atoms with Crippen LogP contribution >= 0.6 is 0 Å². The van der Waals surface area contributed by atoms with Gasteiger partial charge < -0.3 is 14.6 Å². The van der Waals surface area contributed by atoms with Crippen molar-refractivity contribution in [2.24, 2.45) is 0 Å². The van der Waals surface area contributed by atoms with Crippen LogP contribution in [0.15, 0.2) is 60.7 Å². The molecule has 1 heterocycles. The Morgan fingerprint density at radius 2 is 1.59 bits per heavy atom. The molecule has 0 aliphatic carbocycles. The van der Waals surface area contributed by atoms with Gasteiger partial charge in [-0.2, -0.15) is 0 Å². The number of fused-ring (bicyclic) bond motifs is 2. The Morgan fingerprint density at radius 1 is 0.938 bits per heavy atom. The number of rotatable bonds is 7. The molecule has 0 saturated carbocycles. The van der Waals surface area contributed by atoms with Crippen LogP contribution in [0.25, 0.3) is 21.7 Å². The minimum atomic E-state index is -1.33. The van der Waals surface area contributed by atoms with E-state index in [0.717, 1.165) is 16.3 Å². The molecule has 0 aliphatic rings. The van der Waals surface area contributed by atoms with Gasteiger partial charge in [0.1, 0.15) is 0 Å². The topological polar surface area (TPSA) is 62.5 Å². The van der Waals surface area contributed by atoms with E-state index in [9.17, 15) is 14.7 Å². The maximum Gasteiger partial charge on any atom is 0.355 e. The molecule has 1 N–H and O–H groups in total. The monoisotopic (exact) mass is 432 g/mol. The number of hydrogen-bond donors (Lipinski definition) is 1. The second-order valence-corrected chi connectivity index (χ2v) is 7.75. The lowest BCUT2D eigenvalue weighted by molar-refractivity contribution is -0.130. The van der Waals surface area contributed by atoms with Crippen LogP contribution in [0.3, 0.4) is 0 Å². The molecule has 0 unspecified atom stereocenters. The molecule has 5 nitrogen and oxygen atoms in total. The summed E-state index contributed by atoms with van der Waals surface area (Å²) in [6.07, 6.45) is 0.0211. The molecule has 0 fully saturated rings. The van der Waals surface area contributed by atoms with E-state index in [2.05, 4.69) is 0 Å². The van der Waals surface area contributed by atoms with Crippen molar-refractivity contribution in [1.82, 2.24) is 9.47 Å². The van der Waals surface area contributed by atoms with Crippen LogP contribution in [0.2, 0.25) is 0 Å². The lowest BCUT2D eigenvalue weighted by Crippen LogP contribution is -2.31. The number of carboxylic acid groups (broad SMARTS) is 1. The molecular formula is C26H25FN2O3. The number of carboxylic acids is 1. The van der Waals surface area contributed by atoms with Crippen molar-refractivity contribution in [1.29, 1.82) is 0 Å². The third-order valence-corrected chi connectivity index (χ3v) is 5.99. The molecule has 1 aromatic heterocycles. The Morgan fingerprint density at radius 3 is 2.31 bits per heavy atom. The first-order valence-corrected chi connectivity index (χ1v) is 10.7. The van der Waals surface area contributed by atoms with Gasteiger partial charge in [-0.1, -0.05) is 54.6 Å². The third kappa shape index (κ3) is 3.73. The predicted molar refractivity (Wildman–Crippen MR) is 124 cm³/mol. The first kappa shape index (κ1) is 21.6. The summed E-state index contributed by atoms with van der Waals surface area (Å²) < 4.78 is 17.0. The Labute approximate surface area is 185 Å². The molecule has 0 atom stereocenters. The van der Waals surface area contributed by atoms with Gasteiger partial charge in [0, 0.05) is 25.0 Å². The molecule has 3 aromatic carbocycles. The van der Waals surface area contributed by atoms with Crippen molar-refractivity contribution in [3.8, 4) is 0 Å². The number of likely N-dealkylation sites (N-methyl/N-ethyl adjacent to an activating group) is 1. The van der Waals surface area contributed by atoms with E-state index < -0.39 is 17.5 Å². The molecule has 6 heteroatoms. The Kier molecular flexibility index (Phi) is 5.95.